The summed E-state index contributed by atoms with van der Waals surface area (Å²) in [5.41, 5.74) is 3.45. The molecule has 0 N–H and O–H groups in total. The van der Waals surface area contributed by atoms with Gasteiger partial charge in [0, 0.05) is 24.2 Å². The smallest absolute Gasteiger partial charge is 0.259 e. The number of rotatable bonds is 4. The first kappa shape index (κ1) is 19.5. The molecule has 3 heterocycles. The van der Waals surface area contributed by atoms with Crippen LogP contribution in [0.3, 0.4) is 0 Å². The standard InChI is InChI=1S/C23H20ClN5O2/c1-15-21(22(26-31-15)18-9-5-6-10-19(18)24)23(30)28-12-11-17(13-28)29-14-20(25-27-29)16-7-3-2-4-8-16/h2-10,14,17H,11-13H2,1H3. The van der Waals surface area contributed by atoms with Gasteiger partial charge < -0.3 is 9.42 Å². The van der Waals surface area contributed by atoms with E-state index in [0.29, 0.717) is 40.7 Å². The molecule has 5 rings (SSSR count). The molecule has 7 nitrogen and oxygen atoms in total. The average molecular weight is 434 g/mol. The summed E-state index contributed by atoms with van der Waals surface area (Å²) in [7, 11) is 0. The van der Waals surface area contributed by atoms with Gasteiger partial charge in [-0.2, -0.15) is 0 Å². The maximum atomic E-state index is 13.4. The highest BCUT2D eigenvalue weighted by atomic mass is 35.5. The molecule has 1 unspecified atom stereocenters. The number of aryl methyl sites for hydroxylation is 1. The lowest BCUT2D eigenvalue weighted by atomic mass is 10.1. The minimum Gasteiger partial charge on any atom is -0.360 e. The van der Waals surface area contributed by atoms with Crippen molar-refractivity contribution in [2.24, 2.45) is 0 Å². The second kappa shape index (κ2) is 8.00. The molecule has 0 radical (unpaired) electrons. The van der Waals surface area contributed by atoms with Gasteiger partial charge in [0.2, 0.25) is 0 Å². The van der Waals surface area contributed by atoms with E-state index < -0.39 is 0 Å². The highest BCUT2D eigenvalue weighted by Gasteiger charge is 2.33. The van der Waals surface area contributed by atoms with E-state index in [9.17, 15) is 4.79 Å². The molecule has 0 spiro atoms. The van der Waals surface area contributed by atoms with E-state index in [1.54, 1.807) is 13.0 Å². The van der Waals surface area contributed by atoms with E-state index in [-0.39, 0.29) is 11.9 Å². The van der Waals surface area contributed by atoms with Crippen molar-refractivity contribution < 1.29 is 9.32 Å². The predicted octanol–water partition coefficient (Wildman–Crippen LogP) is 4.65. The maximum absolute atomic E-state index is 13.4. The van der Waals surface area contributed by atoms with Crippen molar-refractivity contribution in [3.63, 3.8) is 0 Å². The Labute approximate surface area is 184 Å². The van der Waals surface area contributed by atoms with Crippen molar-refractivity contribution in [2.45, 2.75) is 19.4 Å². The number of hydrogen-bond donors (Lipinski definition) is 0. The predicted molar refractivity (Wildman–Crippen MR) is 117 cm³/mol. The number of carbonyl (C=O) groups is 1. The van der Waals surface area contributed by atoms with Crippen molar-refractivity contribution >= 4 is 17.5 Å². The average Bonchev–Trinajstić information content (AvgIpc) is 3.54. The van der Waals surface area contributed by atoms with E-state index in [1.165, 1.54) is 0 Å². The number of halogens is 1. The second-order valence-electron chi connectivity index (χ2n) is 7.59. The second-order valence-corrected chi connectivity index (χ2v) is 7.99. The lowest BCUT2D eigenvalue weighted by Gasteiger charge is -2.16. The summed E-state index contributed by atoms with van der Waals surface area (Å²) in [5.74, 6) is 0.370. The van der Waals surface area contributed by atoms with Crippen molar-refractivity contribution in [1.82, 2.24) is 25.1 Å². The van der Waals surface area contributed by atoms with Crippen LogP contribution in [-0.4, -0.2) is 44.0 Å². The Morgan fingerprint density at radius 3 is 2.71 bits per heavy atom. The van der Waals surface area contributed by atoms with Gasteiger partial charge >= 0.3 is 0 Å². The van der Waals surface area contributed by atoms with Crippen LogP contribution in [0.2, 0.25) is 5.02 Å². The van der Waals surface area contributed by atoms with E-state index >= 15 is 0 Å². The normalized spacial score (nSPS) is 16.1. The van der Waals surface area contributed by atoms with Crippen LogP contribution in [0, 0.1) is 6.92 Å². The third-order valence-corrected chi connectivity index (χ3v) is 5.94. The van der Waals surface area contributed by atoms with Crippen molar-refractivity contribution in [2.75, 3.05) is 13.1 Å². The molecule has 0 aliphatic carbocycles. The fourth-order valence-electron chi connectivity index (χ4n) is 3.96. The summed E-state index contributed by atoms with van der Waals surface area (Å²) in [6.45, 7) is 2.91. The van der Waals surface area contributed by atoms with Gasteiger partial charge in [-0.15, -0.1) is 5.10 Å². The molecule has 1 atom stereocenters. The minimum absolute atomic E-state index is 0.0674. The summed E-state index contributed by atoms with van der Waals surface area (Å²) < 4.78 is 7.22. The van der Waals surface area contributed by atoms with Crippen molar-refractivity contribution in [3.05, 3.63) is 77.1 Å². The Bertz CT molecular complexity index is 1230. The van der Waals surface area contributed by atoms with Gasteiger partial charge in [-0.3, -0.25) is 4.79 Å². The highest BCUT2D eigenvalue weighted by molar-refractivity contribution is 6.33. The molecule has 8 heteroatoms. The summed E-state index contributed by atoms with van der Waals surface area (Å²) >= 11 is 6.34. The van der Waals surface area contributed by atoms with Crippen molar-refractivity contribution in [3.8, 4) is 22.5 Å². The van der Waals surface area contributed by atoms with Crippen LogP contribution in [0.15, 0.2) is 65.3 Å². The van der Waals surface area contributed by atoms with Gasteiger partial charge in [-0.25, -0.2) is 4.68 Å². The largest absolute Gasteiger partial charge is 0.360 e. The molecule has 2 aromatic heterocycles. The first-order valence-electron chi connectivity index (χ1n) is 10.1. The van der Waals surface area contributed by atoms with Gasteiger partial charge in [0.1, 0.15) is 22.7 Å². The molecular weight excluding hydrogens is 414 g/mol. The monoisotopic (exact) mass is 433 g/mol. The van der Waals surface area contributed by atoms with Crippen LogP contribution in [0.4, 0.5) is 0 Å². The van der Waals surface area contributed by atoms with Crippen molar-refractivity contribution in [1.29, 1.82) is 0 Å². The lowest BCUT2D eigenvalue weighted by molar-refractivity contribution is 0.0786. The van der Waals surface area contributed by atoms with Crippen LogP contribution in [0.1, 0.15) is 28.6 Å². The quantitative estimate of drug-likeness (QED) is 0.468. The van der Waals surface area contributed by atoms with Crippen LogP contribution < -0.4 is 0 Å². The van der Waals surface area contributed by atoms with Crippen LogP contribution in [0.5, 0.6) is 0 Å². The van der Waals surface area contributed by atoms with E-state index in [1.807, 2.05) is 64.3 Å². The van der Waals surface area contributed by atoms with E-state index in [4.69, 9.17) is 16.1 Å². The fourth-order valence-corrected chi connectivity index (χ4v) is 4.18. The number of likely N-dealkylation sites (tertiary alicyclic amines) is 1. The van der Waals surface area contributed by atoms with E-state index in [0.717, 1.165) is 17.7 Å². The molecule has 31 heavy (non-hydrogen) atoms. The highest BCUT2D eigenvalue weighted by Crippen LogP contribution is 2.33. The Hall–Kier alpha value is -3.45. The van der Waals surface area contributed by atoms with Gasteiger partial charge in [-0.1, -0.05) is 70.5 Å². The SMILES string of the molecule is Cc1onc(-c2ccccc2Cl)c1C(=O)N1CCC(n2cc(-c3ccccc3)nn2)C1. The molecule has 0 saturated carbocycles. The van der Waals surface area contributed by atoms with Crippen LogP contribution in [-0.2, 0) is 0 Å². The molecule has 1 amide bonds. The number of carbonyl (C=O) groups excluding carboxylic acids is 1. The minimum atomic E-state index is -0.112. The zero-order chi connectivity index (χ0) is 21.4. The van der Waals surface area contributed by atoms with Crippen LogP contribution >= 0.6 is 11.6 Å². The Morgan fingerprint density at radius 1 is 1.13 bits per heavy atom. The van der Waals surface area contributed by atoms with E-state index in [2.05, 4.69) is 15.5 Å². The Kier molecular flexibility index (Phi) is 5.03. The Balaban J connectivity index is 1.37. The molecule has 156 valence electrons. The zero-order valence-electron chi connectivity index (χ0n) is 16.9. The first-order chi connectivity index (χ1) is 15.1. The fraction of sp³-hybridized carbons (Fsp3) is 0.217. The number of hydrogen-bond acceptors (Lipinski definition) is 5. The van der Waals surface area contributed by atoms with Gasteiger partial charge in [-0.05, 0) is 19.4 Å². The number of benzene rings is 2. The molecule has 1 aliphatic heterocycles. The van der Waals surface area contributed by atoms with Gasteiger partial charge in [0.25, 0.3) is 5.91 Å². The lowest BCUT2D eigenvalue weighted by Crippen LogP contribution is -2.29. The molecule has 1 saturated heterocycles. The summed E-state index contributed by atoms with van der Waals surface area (Å²) in [4.78, 5) is 15.2. The molecule has 1 fully saturated rings. The third-order valence-electron chi connectivity index (χ3n) is 5.61. The van der Waals surface area contributed by atoms with Gasteiger partial charge in [0.15, 0.2) is 0 Å². The number of aromatic nitrogens is 4. The summed E-state index contributed by atoms with van der Waals surface area (Å²) in [6.07, 6.45) is 2.74. The third kappa shape index (κ3) is 3.61. The number of nitrogens with zero attached hydrogens (tertiary/aromatic N) is 5. The maximum Gasteiger partial charge on any atom is 0.259 e. The summed E-state index contributed by atoms with van der Waals surface area (Å²) in [5, 5.41) is 13.3. The molecule has 4 aromatic rings. The molecule has 1 aliphatic rings. The zero-order valence-corrected chi connectivity index (χ0v) is 17.7. The Morgan fingerprint density at radius 2 is 1.90 bits per heavy atom. The topological polar surface area (TPSA) is 77.0 Å². The van der Waals surface area contributed by atoms with Crippen LogP contribution in [0.25, 0.3) is 22.5 Å². The number of amides is 1. The van der Waals surface area contributed by atoms with Gasteiger partial charge in [0.05, 0.1) is 17.3 Å². The summed E-state index contributed by atoms with van der Waals surface area (Å²) in [6, 6.07) is 17.3. The molecular formula is C23H20ClN5O2. The first-order valence-corrected chi connectivity index (χ1v) is 10.5. The molecule has 0 bridgehead atoms. The molecule has 2 aromatic carbocycles.